The van der Waals surface area contributed by atoms with Crippen LogP contribution in [0.4, 0.5) is 0 Å². The van der Waals surface area contributed by atoms with Gasteiger partial charge in [-0.25, -0.2) is 4.79 Å². The highest BCUT2D eigenvalue weighted by molar-refractivity contribution is 5.89. The quantitative estimate of drug-likeness (QED) is 0.673. The number of rotatable bonds is 3. The number of hydrogen-bond acceptors (Lipinski definition) is 4. The highest BCUT2D eigenvalue weighted by Gasteiger charge is 2.26. The lowest BCUT2D eigenvalue weighted by Gasteiger charge is -2.25. The standard InChI is InChI=1S/C19H18O4/c1-2-12-3-5-13(6-4-12)19(22)23-14-7-8-15-16(11-14)18(21)10-9-17(15)20/h2-6,9-10,14,20-21H,1,7-8,11H2. The molecule has 2 aromatic rings. The van der Waals surface area contributed by atoms with Crippen LogP contribution in [0.3, 0.4) is 0 Å². The Balaban J connectivity index is 1.72. The summed E-state index contributed by atoms with van der Waals surface area (Å²) in [5.74, 6) is -0.0646. The van der Waals surface area contributed by atoms with E-state index in [1.807, 2.05) is 12.1 Å². The zero-order chi connectivity index (χ0) is 16.4. The van der Waals surface area contributed by atoms with Crippen molar-refractivity contribution in [3.05, 3.63) is 65.2 Å². The zero-order valence-corrected chi connectivity index (χ0v) is 12.7. The Morgan fingerprint density at radius 3 is 2.39 bits per heavy atom. The molecule has 4 heteroatoms. The topological polar surface area (TPSA) is 66.8 Å². The molecular formula is C19H18O4. The normalized spacial score (nSPS) is 16.4. The monoisotopic (exact) mass is 310 g/mol. The molecule has 0 fully saturated rings. The molecule has 0 amide bonds. The molecule has 0 aliphatic heterocycles. The van der Waals surface area contributed by atoms with E-state index in [-0.39, 0.29) is 23.6 Å². The second-order valence-corrected chi connectivity index (χ2v) is 5.66. The molecule has 1 aliphatic rings. The zero-order valence-electron chi connectivity index (χ0n) is 12.7. The van der Waals surface area contributed by atoms with E-state index < -0.39 is 0 Å². The van der Waals surface area contributed by atoms with E-state index in [0.29, 0.717) is 30.4 Å². The molecule has 0 saturated heterocycles. The molecule has 3 rings (SSSR count). The van der Waals surface area contributed by atoms with E-state index in [0.717, 1.165) is 11.1 Å². The molecule has 118 valence electrons. The van der Waals surface area contributed by atoms with Crippen LogP contribution in [-0.4, -0.2) is 22.3 Å². The number of hydrogen-bond donors (Lipinski definition) is 2. The van der Waals surface area contributed by atoms with Gasteiger partial charge >= 0.3 is 5.97 Å². The van der Waals surface area contributed by atoms with Crippen molar-refractivity contribution >= 4 is 12.0 Å². The smallest absolute Gasteiger partial charge is 0.338 e. The Labute approximate surface area is 134 Å². The molecule has 2 N–H and O–H groups in total. The number of phenolic OH excluding ortho intramolecular Hbond substituents is 2. The summed E-state index contributed by atoms with van der Waals surface area (Å²) in [4.78, 5) is 12.2. The van der Waals surface area contributed by atoms with E-state index in [2.05, 4.69) is 6.58 Å². The predicted octanol–water partition coefficient (Wildman–Crippen LogP) is 3.46. The van der Waals surface area contributed by atoms with Crippen molar-refractivity contribution in [2.75, 3.05) is 0 Å². The predicted molar refractivity (Wildman–Crippen MR) is 87.5 cm³/mol. The summed E-state index contributed by atoms with van der Waals surface area (Å²) in [6, 6.07) is 9.99. The fraction of sp³-hybridized carbons (Fsp3) is 0.211. The molecule has 23 heavy (non-hydrogen) atoms. The van der Waals surface area contributed by atoms with E-state index in [4.69, 9.17) is 4.74 Å². The molecule has 0 heterocycles. The number of esters is 1. The number of ether oxygens (including phenoxy) is 1. The number of benzene rings is 2. The third-order valence-corrected chi connectivity index (χ3v) is 4.19. The minimum atomic E-state index is -0.381. The lowest BCUT2D eigenvalue weighted by atomic mass is 9.88. The maximum absolute atomic E-state index is 12.2. The van der Waals surface area contributed by atoms with Crippen molar-refractivity contribution in [2.24, 2.45) is 0 Å². The van der Waals surface area contributed by atoms with Crippen molar-refractivity contribution in [3.8, 4) is 11.5 Å². The third kappa shape index (κ3) is 3.06. The largest absolute Gasteiger partial charge is 0.508 e. The maximum atomic E-state index is 12.2. The summed E-state index contributed by atoms with van der Waals surface area (Å²) in [7, 11) is 0. The van der Waals surface area contributed by atoms with Crippen LogP contribution in [0, 0.1) is 0 Å². The number of fused-ring (bicyclic) bond motifs is 1. The van der Waals surface area contributed by atoms with Crippen LogP contribution in [-0.2, 0) is 17.6 Å². The average Bonchev–Trinajstić information content (AvgIpc) is 2.58. The van der Waals surface area contributed by atoms with Crippen molar-refractivity contribution in [1.82, 2.24) is 0 Å². The van der Waals surface area contributed by atoms with Crippen LogP contribution in [0.5, 0.6) is 11.5 Å². The molecule has 4 nitrogen and oxygen atoms in total. The SMILES string of the molecule is C=Cc1ccc(C(=O)OC2CCc3c(O)ccc(O)c3C2)cc1. The Morgan fingerprint density at radius 1 is 1.09 bits per heavy atom. The summed E-state index contributed by atoms with van der Waals surface area (Å²) in [6.07, 6.45) is 3.01. The first kappa shape index (κ1) is 15.2. The molecule has 1 atom stereocenters. The Bertz CT molecular complexity index is 747. The minimum Gasteiger partial charge on any atom is -0.508 e. The first-order valence-electron chi connectivity index (χ1n) is 7.54. The summed E-state index contributed by atoms with van der Waals surface area (Å²) in [5, 5.41) is 19.8. The van der Waals surface area contributed by atoms with Gasteiger partial charge in [0.15, 0.2) is 0 Å². The first-order chi connectivity index (χ1) is 11.1. The van der Waals surface area contributed by atoms with Gasteiger partial charge in [0.1, 0.15) is 17.6 Å². The summed E-state index contributed by atoms with van der Waals surface area (Å²) in [6.45, 7) is 3.68. The molecule has 2 aromatic carbocycles. The van der Waals surface area contributed by atoms with Crippen molar-refractivity contribution in [1.29, 1.82) is 0 Å². The van der Waals surface area contributed by atoms with Crippen LogP contribution in [0.15, 0.2) is 43.0 Å². The fourth-order valence-corrected chi connectivity index (χ4v) is 2.89. The highest BCUT2D eigenvalue weighted by atomic mass is 16.5. The van der Waals surface area contributed by atoms with Gasteiger partial charge in [-0.1, -0.05) is 24.8 Å². The van der Waals surface area contributed by atoms with Crippen molar-refractivity contribution < 1.29 is 19.7 Å². The van der Waals surface area contributed by atoms with E-state index in [1.54, 1.807) is 18.2 Å². The van der Waals surface area contributed by atoms with Crippen LogP contribution in [0.2, 0.25) is 0 Å². The second-order valence-electron chi connectivity index (χ2n) is 5.66. The van der Waals surface area contributed by atoms with Crippen molar-refractivity contribution in [2.45, 2.75) is 25.4 Å². The van der Waals surface area contributed by atoms with E-state index >= 15 is 0 Å². The van der Waals surface area contributed by atoms with Crippen LogP contribution >= 0.6 is 0 Å². The molecule has 0 spiro atoms. The molecule has 0 aromatic heterocycles. The van der Waals surface area contributed by atoms with Gasteiger partial charge in [-0.2, -0.15) is 0 Å². The van der Waals surface area contributed by atoms with Gasteiger partial charge in [-0.3, -0.25) is 0 Å². The highest BCUT2D eigenvalue weighted by Crippen LogP contribution is 2.35. The molecule has 1 unspecified atom stereocenters. The van der Waals surface area contributed by atoms with Gasteiger partial charge in [0.2, 0.25) is 0 Å². The summed E-state index contributed by atoms with van der Waals surface area (Å²) < 4.78 is 5.55. The second kappa shape index (κ2) is 6.16. The molecule has 0 radical (unpaired) electrons. The van der Waals surface area contributed by atoms with Gasteiger partial charge < -0.3 is 14.9 Å². The van der Waals surface area contributed by atoms with Crippen molar-refractivity contribution in [3.63, 3.8) is 0 Å². The lowest BCUT2D eigenvalue weighted by Crippen LogP contribution is -2.25. The van der Waals surface area contributed by atoms with Crippen LogP contribution in [0.1, 0.15) is 33.5 Å². The average molecular weight is 310 g/mol. The molecule has 0 saturated carbocycles. The number of carbonyl (C=O) groups is 1. The maximum Gasteiger partial charge on any atom is 0.338 e. The molecular weight excluding hydrogens is 292 g/mol. The summed E-state index contributed by atoms with van der Waals surface area (Å²) >= 11 is 0. The van der Waals surface area contributed by atoms with Gasteiger partial charge in [0.05, 0.1) is 5.56 Å². The lowest BCUT2D eigenvalue weighted by molar-refractivity contribution is 0.0268. The van der Waals surface area contributed by atoms with E-state index in [9.17, 15) is 15.0 Å². The molecule has 0 bridgehead atoms. The number of carbonyl (C=O) groups excluding carboxylic acids is 1. The van der Waals surface area contributed by atoms with E-state index in [1.165, 1.54) is 12.1 Å². The minimum absolute atomic E-state index is 0.133. The van der Waals surface area contributed by atoms with Crippen LogP contribution in [0.25, 0.3) is 6.08 Å². The van der Waals surface area contributed by atoms with Gasteiger partial charge in [0.25, 0.3) is 0 Å². The van der Waals surface area contributed by atoms with Gasteiger partial charge in [0, 0.05) is 17.5 Å². The fourth-order valence-electron chi connectivity index (χ4n) is 2.89. The third-order valence-electron chi connectivity index (χ3n) is 4.19. The Hall–Kier alpha value is -2.75. The van der Waals surface area contributed by atoms with Gasteiger partial charge in [-0.15, -0.1) is 0 Å². The van der Waals surface area contributed by atoms with Gasteiger partial charge in [-0.05, 0) is 42.7 Å². The Morgan fingerprint density at radius 2 is 1.74 bits per heavy atom. The number of aromatic hydroxyl groups is 2. The Kier molecular flexibility index (Phi) is 4.06. The first-order valence-corrected chi connectivity index (χ1v) is 7.54. The molecule has 1 aliphatic carbocycles. The summed E-state index contributed by atoms with van der Waals surface area (Å²) in [5.41, 5.74) is 2.83. The number of phenols is 2. The van der Waals surface area contributed by atoms with Crippen LogP contribution < -0.4 is 0 Å².